The number of aromatic nitrogens is 3. The SMILES string of the molecule is NC(=O)COCCNc1nc2ccc(Cl)cn2n1. The molecule has 0 bridgehead atoms. The predicted octanol–water partition coefficient (Wildman–Crippen LogP) is 0.296. The third kappa shape index (κ3) is 3.31. The lowest BCUT2D eigenvalue weighted by Crippen LogP contribution is -2.20. The van der Waals surface area contributed by atoms with Crippen molar-refractivity contribution in [2.24, 2.45) is 5.73 Å². The monoisotopic (exact) mass is 269 g/mol. The molecule has 2 heterocycles. The molecule has 0 aliphatic heterocycles. The van der Waals surface area contributed by atoms with E-state index in [0.717, 1.165) is 0 Å². The zero-order valence-corrected chi connectivity index (χ0v) is 10.2. The number of ether oxygens (including phenoxy) is 1. The maximum absolute atomic E-state index is 10.4. The fourth-order valence-corrected chi connectivity index (χ4v) is 1.50. The number of nitrogens with zero attached hydrogens (tertiary/aromatic N) is 3. The molecule has 0 aliphatic rings. The van der Waals surface area contributed by atoms with Gasteiger partial charge in [-0.05, 0) is 12.1 Å². The quantitative estimate of drug-likeness (QED) is 0.736. The van der Waals surface area contributed by atoms with Gasteiger partial charge in [-0.1, -0.05) is 11.6 Å². The number of nitrogens with two attached hydrogens (primary N) is 1. The number of halogens is 1. The van der Waals surface area contributed by atoms with Crippen molar-refractivity contribution in [1.29, 1.82) is 0 Å². The summed E-state index contributed by atoms with van der Waals surface area (Å²) >= 11 is 5.83. The minimum absolute atomic E-state index is 0.0874. The summed E-state index contributed by atoms with van der Waals surface area (Å²) in [5.41, 5.74) is 5.62. The lowest BCUT2D eigenvalue weighted by atomic mass is 10.5. The van der Waals surface area contributed by atoms with E-state index < -0.39 is 5.91 Å². The summed E-state index contributed by atoms with van der Waals surface area (Å²) < 4.78 is 6.57. The third-order valence-corrected chi connectivity index (χ3v) is 2.29. The molecule has 2 aromatic heterocycles. The Morgan fingerprint density at radius 1 is 1.56 bits per heavy atom. The van der Waals surface area contributed by atoms with Crippen LogP contribution in [0.25, 0.3) is 5.65 Å². The summed E-state index contributed by atoms with van der Waals surface area (Å²) in [6, 6.07) is 3.51. The highest BCUT2D eigenvalue weighted by Gasteiger charge is 2.03. The van der Waals surface area contributed by atoms with Gasteiger partial charge in [0, 0.05) is 12.7 Å². The number of hydrogen-bond donors (Lipinski definition) is 2. The van der Waals surface area contributed by atoms with Crippen molar-refractivity contribution < 1.29 is 9.53 Å². The van der Waals surface area contributed by atoms with Crippen LogP contribution < -0.4 is 11.1 Å². The zero-order valence-electron chi connectivity index (χ0n) is 9.47. The van der Waals surface area contributed by atoms with Gasteiger partial charge in [-0.25, -0.2) is 4.52 Å². The summed E-state index contributed by atoms with van der Waals surface area (Å²) in [5, 5.41) is 7.72. The fourth-order valence-electron chi connectivity index (χ4n) is 1.34. The summed E-state index contributed by atoms with van der Waals surface area (Å²) in [6.07, 6.45) is 1.67. The average Bonchev–Trinajstić information content (AvgIpc) is 2.70. The molecule has 3 N–H and O–H groups in total. The standard InChI is InChI=1S/C10H12ClN5O2/c11-7-1-2-9-14-10(15-16(9)5-7)13-3-4-18-6-8(12)17/h1-2,5H,3-4,6H2,(H2,12,17)(H,13,15). The normalized spacial score (nSPS) is 10.7. The van der Waals surface area contributed by atoms with E-state index in [-0.39, 0.29) is 6.61 Å². The van der Waals surface area contributed by atoms with E-state index in [1.54, 1.807) is 22.8 Å². The van der Waals surface area contributed by atoms with Gasteiger partial charge in [0.25, 0.3) is 0 Å². The molecule has 0 spiro atoms. The van der Waals surface area contributed by atoms with Crippen LogP contribution in [0.3, 0.4) is 0 Å². The predicted molar refractivity (Wildman–Crippen MR) is 66.5 cm³/mol. The van der Waals surface area contributed by atoms with E-state index in [9.17, 15) is 4.79 Å². The molecule has 96 valence electrons. The van der Waals surface area contributed by atoms with Crippen molar-refractivity contribution in [3.05, 3.63) is 23.4 Å². The molecule has 18 heavy (non-hydrogen) atoms. The van der Waals surface area contributed by atoms with E-state index in [4.69, 9.17) is 22.1 Å². The molecule has 2 rings (SSSR count). The second kappa shape index (κ2) is 5.65. The Morgan fingerprint density at radius 2 is 2.39 bits per heavy atom. The number of carbonyl (C=O) groups excluding carboxylic acids is 1. The molecule has 0 radical (unpaired) electrons. The Labute approximate surface area is 108 Å². The number of rotatable bonds is 6. The first-order valence-electron chi connectivity index (χ1n) is 5.27. The van der Waals surface area contributed by atoms with Gasteiger partial charge in [0.1, 0.15) is 6.61 Å². The van der Waals surface area contributed by atoms with E-state index >= 15 is 0 Å². The van der Waals surface area contributed by atoms with Gasteiger partial charge in [0.15, 0.2) is 5.65 Å². The third-order valence-electron chi connectivity index (χ3n) is 2.07. The number of amides is 1. The Morgan fingerprint density at radius 3 is 3.17 bits per heavy atom. The Hall–Kier alpha value is -1.86. The fraction of sp³-hybridized carbons (Fsp3) is 0.300. The average molecular weight is 270 g/mol. The number of nitrogens with one attached hydrogen (secondary N) is 1. The largest absolute Gasteiger partial charge is 0.370 e. The van der Waals surface area contributed by atoms with Gasteiger partial charge in [-0.2, -0.15) is 4.98 Å². The Kier molecular flexibility index (Phi) is 3.96. The molecular formula is C10H12ClN5O2. The van der Waals surface area contributed by atoms with Crippen LogP contribution in [-0.2, 0) is 9.53 Å². The summed E-state index contributed by atoms with van der Waals surface area (Å²) in [4.78, 5) is 14.6. The van der Waals surface area contributed by atoms with Gasteiger partial charge in [0.2, 0.25) is 11.9 Å². The number of pyridine rings is 1. The molecule has 0 saturated heterocycles. The van der Waals surface area contributed by atoms with Crippen LogP contribution in [0.4, 0.5) is 5.95 Å². The first kappa shape index (κ1) is 12.6. The van der Waals surface area contributed by atoms with E-state index in [2.05, 4.69) is 15.4 Å². The molecule has 0 saturated carbocycles. The number of fused-ring (bicyclic) bond motifs is 1. The van der Waals surface area contributed by atoms with Crippen molar-refractivity contribution in [2.75, 3.05) is 25.1 Å². The molecule has 0 unspecified atom stereocenters. The summed E-state index contributed by atoms with van der Waals surface area (Å²) in [7, 11) is 0. The molecule has 0 fully saturated rings. The molecule has 7 nitrogen and oxygen atoms in total. The second-order valence-electron chi connectivity index (χ2n) is 3.53. The highest BCUT2D eigenvalue weighted by atomic mass is 35.5. The van der Waals surface area contributed by atoms with Crippen molar-refractivity contribution in [2.45, 2.75) is 0 Å². The van der Waals surface area contributed by atoms with Gasteiger partial charge in [-0.3, -0.25) is 4.79 Å². The lowest BCUT2D eigenvalue weighted by Gasteiger charge is -2.01. The van der Waals surface area contributed by atoms with Gasteiger partial charge >= 0.3 is 0 Å². The van der Waals surface area contributed by atoms with Crippen LogP contribution >= 0.6 is 11.6 Å². The zero-order chi connectivity index (χ0) is 13.0. The Balaban J connectivity index is 1.86. The van der Waals surface area contributed by atoms with Crippen molar-refractivity contribution >= 4 is 29.1 Å². The molecule has 2 aromatic rings. The number of carbonyl (C=O) groups is 1. The summed E-state index contributed by atoms with van der Waals surface area (Å²) in [5.74, 6) is -0.0181. The smallest absolute Gasteiger partial charge is 0.243 e. The minimum atomic E-state index is -0.490. The maximum Gasteiger partial charge on any atom is 0.243 e. The minimum Gasteiger partial charge on any atom is -0.370 e. The lowest BCUT2D eigenvalue weighted by molar-refractivity contribution is -0.122. The van der Waals surface area contributed by atoms with Crippen molar-refractivity contribution in [1.82, 2.24) is 14.6 Å². The van der Waals surface area contributed by atoms with E-state index in [0.29, 0.717) is 29.8 Å². The molecular weight excluding hydrogens is 258 g/mol. The Bertz CT molecular complexity index is 556. The first-order chi connectivity index (χ1) is 8.65. The van der Waals surface area contributed by atoms with Gasteiger partial charge in [0.05, 0.1) is 11.6 Å². The molecule has 0 aromatic carbocycles. The molecule has 8 heteroatoms. The van der Waals surface area contributed by atoms with Crippen LogP contribution in [-0.4, -0.2) is 40.3 Å². The van der Waals surface area contributed by atoms with Crippen LogP contribution in [0, 0.1) is 0 Å². The highest BCUT2D eigenvalue weighted by molar-refractivity contribution is 6.30. The highest BCUT2D eigenvalue weighted by Crippen LogP contribution is 2.11. The summed E-state index contributed by atoms with van der Waals surface area (Å²) in [6.45, 7) is 0.743. The maximum atomic E-state index is 10.4. The van der Waals surface area contributed by atoms with Crippen molar-refractivity contribution in [3.63, 3.8) is 0 Å². The first-order valence-corrected chi connectivity index (χ1v) is 5.65. The van der Waals surface area contributed by atoms with Gasteiger partial charge < -0.3 is 15.8 Å². The second-order valence-corrected chi connectivity index (χ2v) is 3.97. The molecule has 0 aliphatic carbocycles. The number of primary amides is 1. The molecule has 0 atom stereocenters. The molecule has 1 amide bonds. The van der Waals surface area contributed by atoms with E-state index in [1.807, 2.05) is 0 Å². The van der Waals surface area contributed by atoms with Crippen LogP contribution in [0.1, 0.15) is 0 Å². The van der Waals surface area contributed by atoms with Crippen LogP contribution in [0.2, 0.25) is 5.02 Å². The van der Waals surface area contributed by atoms with Gasteiger partial charge in [-0.15, -0.1) is 5.10 Å². The van der Waals surface area contributed by atoms with Crippen LogP contribution in [0.5, 0.6) is 0 Å². The topological polar surface area (TPSA) is 94.5 Å². The number of anilines is 1. The van der Waals surface area contributed by atoms with Crippen molar-refractivity contribution in [3.8, 4) is 0 Å². The van der Waals surface area contributed by atoms with E-state index in [1.165, 1.54) is 0 Å². The van der Waals surface area contributed by atoms with Crippen LogP contribution in [0.15, 0.2) is 18.3 Å². The number of hydrogen-bond acceptors (Lipinski definition) is 5.